The van der Waals surface area contributed by atoms with E-state index in [1.165, 1.54) is 6.33 Å². The summed E-state index contributed by atoms with van der Waals surface area (Å²) in [5.41, 5.74) is 1.42. The second-order valence-electron chi connectivity index (χ2n) is 5.55. The number of hydrogen-bond acceptors (Lipinski definition) is 5. The van der Waals surface area contributed by atoms with Crippen LogP contribution in [0.25, 0.3) is 5.69 Å². The number of aromatic nitrogens is 4. The van der Waals surface area contributed by atoms with Crippen molar-refractivity contribution in [2.24, 2.45) is 5.92 Å². The molecular formula is C16H15N5OS. The molecule has 1 aliphatic rings. The van der Waals surface area contributed by atoms with Gasteiger partial charge >= 0.3 is 0 Å². The van der Waals surface area contributed by atoms with Gasteiger partial charge in [-0.3, -0.25) is 4.79 Å². The van der Waals surface area contributed by atoms with Gasteiger partial charge in [0.1, 0.15) is 17.7 Å². The normalized spacial score (nSPS) is 15.3. The van der Waals surface area contributed by atoms with Crippen molar-refractivity contribution in [3.63, 3.8) is 0 Å². The second-order valence-corrected chi connectivity index (χ2v) is 6.48. The smallest absolute Gasteiger partial charge is 0.251 e. The van der Waals surface area contributed by atoms with Gasteiger partial charge in [-0.25, -0.2) is 14.6 Å². The highest BCUT2D eigenvalue weighted by Gasteiger charge is 2.35. The molecule has 1 amide bonds. The lowest BCUT2D eigenvalue weighted by atomic mass is 10.1. The summed E-state index contributed by atoms with van der Waals surface area (Å²) < 4.78 is 1.63. The summed E-state index contributed by atoms with van der Waals surface area (Å²) in [5.74, 6) is 0.419. The minimum atomic E-state index is -0.0842. The standard InChI is InChI=1S/C16H15N5OS/c22-15(20-14(11-4-5-11)16-18-6-7-23-16)12-2-1-3-13(8-12)21-10-17-9-19-21/h1-3,6-11,14H,4-5H2,(H,20,22)/t14-/m1/s1. The zero-order chi connectivity index (χ0) is 15.6. The van der Waals surface area contributed by atoms with Crippen LogP contribution >= 0.6 is 11.3 Å². The van der Waals surface area contributed by atoms with Crippen LogP contribution in [0.4, 0.5) is 0 Å². The minimum Gasteiger partial charge on any atom is -0.343 e. The molecule has 116 valence electrons. The van der Waals surface area contributed by atoms with Gasteiger partial charge in [-0.1, -0.05) is 6.07 Å². The summed E-state index contributed by atoms with van der Waals surface area (Å²) in [6, 6.07) is 7.38. The molecular weight excluding hydrogens is 310 g/mol. The van der Waals surface area contributed by atoms with E-state index < -0.39 is 0 Å². The Morgan fingerprint density at radius 1 is 1.39 bits per heavy atom. The Bertz CT molecular complexity index is 796. The molecule has 3 aromatic rings. The average Bonchev–Trinajstić information content (AvgIpc) is 3.06. The van der Waals surface area contributed by atoms with Crippen LogP contribution in [-0.2, 0) is 0 Å². The Hall–Kier alpha value is -2.54. The molecule has 6 nitrogen and oxygen atoms in total. The lowest BCUT2D eigenvalue weighted by Crippen LogP contribution is -2.29. The van der Waals surface area contributed by atoms with Gasteiger partial charge in [-0.15, -0.1) is 11.3 Å². The molecule has 2 aromatic heterocycles. The molecule has 4 rings (SSSR count). The monoisotopic (exact) mass is 325 g/mol. The molecule has 7 heteroatoms. The van der Waals surface area contributed by atoms with E-state index in [1.807, 2.05) is 29.6 Å². The third-order valence-electron chi connectivity index (χ3n) is 3.89. The zero-order valence-electron chi connectivity index (χ0n) is 12.3. The molecule has 1 aromatic carbocycles. The first-order chi connectivity index (χ1) is 11.3. The Morgan fingerprint density at radius 2 is 2.30 bits per heavy atom. The quantitative estimate of drug-likeness (QED) is 0.782. The molecule has 0 radical (unpaired) electrons. The van der Waals surface area contributed by atoms with Crippen molar-refractivity contribution in [2.75, 3.05) is 0 Å². The lowest BCUT2D eigenvalue weighted by molar-refractivity contribution is 0.0931. The topological polar surface area (TPSA) is 72.7 Å². The van der Waals surface area contributed by atoms with E-state index in [0.29, 0.717) is 11.5 Å². The molecule has 1 atom stereocenters. The summed E-state index contributed by atoms with van der Waals surface area (Å²) in [7, 11) is 0. The zero-order valence-corrected chi connectivity index (χ0v) is 13.1. The van der Waals surface area contributed by atoms with Gasteiger partial charge < -0.3 is 5.32 Å². The van der Waals surface area contributed by atoms with Gasteiger partial charge in [-0.2, -0.15) is 5.10 Å². The maximum absolute atomic E-state index is 12.6. The van der Waals surface area contributed by atoms with Crippen molar-refractivity contribution in [1.82, 2.24) is 25.1 Å². The number of nitrogens with zero attached hydrogens (tertiary/aromatic N) is 4. The van der Waals surface area contributed by atoms with Crippen LogP contribution in [0, 0.1) is 5.92 Å². The summed E-state index contributed by atoms with van der Waals surface area (Å²) >= 11 is 1.59. The maximum atomic E-state index is 12.6. The number of amides is 1. The third-order valence-corrected chi connectivity index (χ3v) is 4.75. The lowest BCUT2D eigenvalue weighted by Gasteiger charge is -2.16. The SMILES string of the molecule is O=C(N[C@@H](c1nccs1)C1CC1)c1cccc(-n2cncn2)c1. The Labute approximate surface area is 137 Å². The van der Waals surface area contributed by atoms with Crippen molar-refractivity contribution in [1.29, 1.82) is 0 Å². The molecule has 1 aliphatic carbocycles. The van der Waals surface area contributed by atoms with Crippen molar-refractivity contribution in [3.05, 3.63) is 59.1 Å². The molecule has 0 saturated heterocycles. The van der Waals surface area contributed by atoms with E-state index in [4.69, 9.17) is 0 Å². The van der Waals surface area contributed by atoms with Crippen molar-refractivity contribution in [3.8, 4) is 5.69 Å². The van der Waals surface area contributed by atoms with Crippen LogP contribution in [0.3, 0.4) is 0 Å². The molecule has 1 fully saturated rings. The fraction of sp³-hybridized carbons (Fsp3) is 0.250. The van der Waals surface area contributed by atoms with E-state index in [1.54, 1.807) is 28.5 Å². The first-order valence-electron chi connectivity index (χ1n) is 7.46. The number of thiazole rings is 1. The number of carbonyl (C=O) groups is 1. The molecule has 0 aliphatic heterocycles. The van der Waals surface area contributed by atoms with E-state index >= 15 is 0 Å². The molecule has 0 unspecified atom stereocenters. The van der Waals surface area contributed by atoms with E-state index in [0.717, 1.165) is 23.5 Å². The van der Waals surface area contributed by atoms with Crippen LogP contribution in [0.2, 0.25) is 0 Å². The summed E-state index contributed by atoms with van der Waals surface area (Å²) in [6.07, 6.45) is 7.15. The Balaban J connectivity index is 1.56. The second kappa shape index (κ2) is 5.92. The summed E-state index contributed by atoms with van der Waals surface area (Å²) in [6.45, 7) is 0. The van der Waals surface area contributed by atoms with Crippen LogP contribution in [0.15, 0.2) is 48.5 Å². The van der Waals surface area contributed by atoms with Crippen LogP contribution < -0.4 is 5.32 Å². The first kappa shape index (κ1) is 14.1. The predicted octanol–water partition coefficient (Wildman–Crippen LogP) is 2.60. The summed E-state index contributed by atoms with van der Waals surface area (Å²) in [5, 5.41) is 10.2. The maximum Gasteiger partial charge on any atom is 0.251 e. The highest BCUT2D eigenvalue weighted by molar-refractivity contribution is 7.09. The van der Waals surface area contributed by atoms with Gasteiger partial charge in [0.05, 0.1) is 11.7 Å². The molecule has 1 N–H and O–H groups in total. The molecule has 0 spiro atoms. The molecule has 2 heterocycles. The van der Waals surface area contributed by atoms with Crippen molar-refractivity contribution in [2.45, 2.75) is 18.9 Å². The van der Waals surface area contributed by atoms with Crippen molar-refractivity contribution < 1.29 is 4.79 Å². The Morgan fingerprint density at radius 3 is 3.00 bits per heavy atom. The van der Waals surface area contributed by atoms with E-state index in [-0.39, 0.29) is 11.9 Å². The number of carbonyl (C=O) groups excluding carboxylic acids is 1. The number of hydrogen-bond donors (Lipinski definition) is 1. The molecule has 0 bridgehead atoms. The van der Waals surface area contributed by atoms with Gasteiger partial charge in [0.15, 0.2) is 0 Å². The predicted molar refractivity (Wildman–Crippen MR) is 86.4 cm³/mol. The number of benzene rings is 1. The van der Waals surface area contributed by atoms with Gasteiger partial charge in [0, 0.05) is 17.1 Å². The van der Waals surface area contributed by atoms with Crippen LogP contribution in [0.1, 0.15) is 34.2 Å². The molecule has 1 saturated carbocycles. The average molecular weight is 325 g/mol. The van der Waals surface area contributed by atoms with Gasteiger partial charge in [-0.05, 0) is 37.0 Å². The fourth-order valence-electron chi connectivity index (χ4n) is 2.55. The van der Waals surface area contributed by atoms with E-state index in [2.05, 4.69) is 20.4 Å². The van der Waals surface area contributed by atoms with Crippen molar-refractivity contribution >= 4 is 17.2 Å². The third kappa shape index (κ3) is 3.00. The highest BCUT2D eigenvalue weighted by Crippen LogP contribution is 2.41. The minimum absolute atomic E-state index is 0.0116. The largest absolute Gasteiger partial charge is 0.343 e. The summed E-state index contributed by atoms with van der Waals surface area (Å²) in [4.78, 5) is 20.9. The fourth-order valence-corrected chi connectivity index (χ4v) is 3.34. The van der Waals surface area contributed by atoms with Gasteiger partial charge in [0.25, 0.3) is 5.91 Å². The number of nitrogens with one attached hydrogen (secondary N) is 1. The van der Waals surface area contributed by atoms with E-state index in [9.17, 15) is 4.79 Å². The number of rotatable bonds is 5. The molecule has 23 heavy (non-hydrogen) atoms. The van der Waals surface area contributed by atoms with Gasteiger partial charge in [0.2, 0.25) is 0 Å². The van der Waals surface area contributed by atoms with Crippen LogP contribution in [-0.4, -0.2) is 25.7 Å². The Kier molecular flexibility index (Phi) is 3.63. The highest BCUT2D eigenvalue weighted by atomic mass is 32.1. The van der Waals surface area contributed by atoms with Crippen LogP contribution in [0.5, 0.6) is 0 Å². The first-order valence-corrected chi connectivity index (χ1v) is 8.34.